The van der Waals surface area contributed by atoms with Crippen LogP contribution in [0.25, 0.3) is 11.3 Å². The zero-order valence-corrected chi connectivity index (χ0v) is 12.5. The Morgan fingerprint density at radius 1 is 1.00 bits per heavy atom. The molecule has 0 spiro atoms. The Balaban J connectivity index is 1.78. The van der Waals surface area contributed by atoms with Crippen molar-refractivity contribution in [3.8, 4) is 11.3 Å². The van der Waals surface area contributed by atoms with Gasteiger partial charge in [-0.15, -0.1) is 10.2 Å². The van der Waals surface area contributed by atoms with Crippen LogP contribution in [-0.4, -0.2) is 21.3 Å². The zero-order valence-electron chi connectivity index (χ0n) is 12.5. The number of nitrogens with one attached hydrogen (secondary N) is 1. The Labute approximate surface area is 133 Å². The Morgan fingerprint density at radius 3 is 2.43 bits per heavy atom. The molecule has 23 heavy (non-hydrogen) atoms. The third kappa shape index (κ3) is 3.52. The summed E-state index contributed by atoms with van der Waals surface area (Å²) in [5.41, 5.74) is 3.86. The van der Waals surface area contributed by atoms with Crippen LogP contribution >= 0.6 is 0 Å². The van der Waals surface area contributed by atoms with Crippen molar-refractivity contribution in [1.29, 1.82) is 0 Å². The minimum Gasteiger partial charge on any atom is -0.478 e. The second-order valence-corrected chi connectivity index (χ2v) is 5.18. The Morgan fingerprint density at radius 2 is 1.78 bits per heavy atom. The first-order chi connectivity index (χ1) is 11.1. The molecule has 0 amide bonds. The van der Waals surface area contributed by atoms with Crippen molar-refractivity contribution in [3.05, 3.63) is 71.8 Å². The van der Waals surface area contributed by atoms with Crippen molar-refractivity contribution in [2.75, 3.05) is 5.32 Å². The number of carboxylic acids is 1. The van der Waals surface area contributed by atoms with Gasteiger partial charge in [-0.25, -0.2) is 4.79 Å². The molecule has 0 atom stereocenters. The highest BCUT2D eigenvalue weighted by Crippen LogP contribution is 2.20. The third-order valence-corrected chi connectivity index (χ3v) is 3.39. The second-order valence-electron chi connectivity index (χ2n) is 5.18. The number of anilines is 2. The number of hydrogen-bond acceptors (Lipinski definition) is 4. The van der Waals surface area contributed by atoms with Gasteiger partial charge in [-0.3, -0.25) is 0 Å². The number of carboxylic acid groups (broad SMARTS) is 1. The van der Waals surface area contributed by atoms with Gasteiger partial charge in [0.1, 0.15) is 0 Å². The lowest BCUT2D eigenvalue weighted by atomic mass is 10.1. The molecular formula is C18H15N3O2. The largest absolute Gasteiger partial charge is 0.478 e. The average molecular weight is 305 g/mol. The number of aryl methyl sites for hydroxylation is 1. The highest BCUT2D eigenvalue weighted by atomic mass is 16.4. The predicted molar refractivity (Wildman–Crippen MR) is 88.9 cm³/mol. The number of rotatable bonds is 4. The van der Waals surface area contributed by atoms with Crippen LogP contribution in [0.5, 0.6) is 0 Å². The van der Waals surface area contributed by atoms with E-state index >= 15 is 0 Å². The first-order valence-electron chi connectivity index (χ1n) is 7.13. The fourth-order valence-electron chi connectivity index (χ4n) is 2.16. The smallest absolute Gasteiger partial charge is 0.335 e. The minimum absolute atomic E-state index is 0.222. The van der Waals surface area contributed by atoms with Crippen molar-refractivity contribution in [2.45, 2.75) is 6.92 Å². The number of nitrogens with zero attached hydrogens (tertiary/aromatic N) is 2. The van der Waals surface area contributed by atoms with E-state index in [4.69, 9.17) is 5.11 Å². The number of aromatic nitrogens is 2. The van der Waals surface area contributed by atoms with Crippen molar-refractivity contribution in [2.24, 2.45) is 0 Å². The summed E-state index contributed by atoms with van der Waals surface area (Å²) in [7, 11) is 0. The van der Waals surface area contributed by atoms with Crippen LogP contribution in [0.1, 0.15) is 15.9 Å². The van der Waals surface area contributed by atoms with E-state index in [2.05, 4.69) is 15.5 Å². The molecule has 0 fully saturated rings. The number of carbonyl (C=O) groups is 1. The molecule has 0 radical (unpaired) electrons. The lowest BCUT2D eigenvalue weighted by Crippen LogP contribution is -1.99. The highest BCUT2D eigenvalue weighted by Gasteiger charge is 2.05. The summed E-state index contributed by atoms with van der Waals surface area (Å²) in [5, 5.41) is 20.4. The monoisotopic (exact) mass is 305 g/mol. The van der Waals surface area contributed by atoms with E-state index in [9.17, 15) is 4.79 Å². The van der Waals surface area contributed by atoms with Gasteiger partial charge in [0.2, 0.25) is 0 Å². The van der Waals surface area contributed by atoms with Crippen LogP contribution in [0, 0.1) is 6.92 Å². The van der Waals surface area contributed by atoms with Crippen LogP contribution in [0.2, 0.25) is 0 Å². The van der Waals surface area contributed by atoms with Gasteiger partial charge < -0.3 is 10.4 Å². The maximum Gasteiger partial charge on any atom is 0.335 e. The molecule has 0 saturated heterocycles. The molecule has 5 heteroatoms. The average Bonchev–Trinajstić information content (AvgIpc) is 2.57. The van der Waals surface area contributed by atoms with Crippen LogP contribution in [0.3, 0.4) is 0 Å². The summed E-state index contributed by atoms with van der Waals surface area (Å²) in [4.78, 5) is 11.0. The first kappa shape index (κ1) is 14.7. The summed E-state index contributed by atoms with van der Waals surface area (Å²) < 4.78 is 0. The van der Waals surface area contributed by atoms with Gasteiger partial charge in [0.25, 0.3) is 0 Å². The molecule has 1 aromatic heterocycles. The number of hydrogen-bond donors (Lipinski definition) is 2. The maximum absolute atomic E-state index is 11.0. The molecule has 0 aliphatic carbocycles. The topological polar surface area (TPSA) is 75.1 Å². The van der Waals surface area contributed by atoms with E-state index in [0.29, 0.717) is 11.5 Å². The lowest BCUT2D eigenvalue weighted by Gasteiger charge is -2.07. The van der Waals surface area contributed by atoms with Gasteiger partial charge in [0, 0.05) is 11.3 Å². The minimum atomic E-state index is -0.963. The fourth-order valence-corrected chi connectivity index (χ4v) is 2.16. The molecular weight excluding hydrogens is 290 g/mol. The molecule has 0 unspecified atom stereocenters. The molecule has 0 bridgehead atoms. The van der Waals surface area contributed by atoms with Gasteiger partial charge in [0.15, 0.2) is 5.82 Å². The Kier molecular flexibility index (Phi) is 4.01. The molecule has 2 aromatic carbocycles. The van der Waals surface area contributed by atoms with E-state index in [1.165, 1.54) is 5.56 Å². The van der Waals surface area contributed by atoms with Crippen molar-refractivity contribution in [3.63, 3.8) is 0 Å². The molecule has 5 nitrogen and oxygen atoms in total. The normalized spacial score (nSPS) is 10.3. The lowest BCUT2D eigenvalue weighted by molar-refractivity contribution is 0.0697. The molecule has 2 N–H and O–H groups in total. The van der Waals surface area contributed by atoms with Crippen molar-refractivity contribution in [1.82, 2.24) is 10.2 Å². The van der Waals surface area contributed by atoms with E-state index in [1.807, 2.05) is 43.3 Å². The molecule has 0 aliphatic rings. The zero-order chi connectivity index (χ0) is 16.2. The second kappa shape index (κ2) is 6.27. The quantitative estimate of drug-likeness (QED) is 0.764. The summed E-state index contributed by atoms with van der Waals surface area (Å²) in [6.07, 6.45) is 0. The van der Waals surface area contributed by atoms with E-state index < -0.39 is 5.97 Å². The van der Waals surface area contributed by atoms with Gasteiger partial charge >= 0.3 is 5.97 Å². The van der Waals surface area contributed by atoms with Gasteiger partial charge in [-0.2, -0.15) is 0 Å². The molecule has 3 aromatic rings. The number of aromatic carboxylic acids is 1. The first-order valence-corrected chi connectivity index (χ1v) is 7.13. The molecule has 0 saturated carbocycles. The highest BCUT2D eigenvalue weighted by molar-refractivity contribution is 5.89. The van der Waals surface area contributed by atoms with Gasteiger partial charge in [0.05, 0.1) is 11.3 Å². The standard InChI is InChI=1S/C18H15N3O2/c1-12-5-7-13(8-6-12)16-9-10-17(21-20-16)19-15-4-2-3-14(11-15)18(22)23/h2-11H,1H3,(H,19,21)(H,22,23). The molecule has 1 heterocycles. The predicted octanol–water partition coefficient (Wildman–Crippen LogP) is 3.89. The maximum atomic E-state index is 11.0. The van der Waals surface area contributed by atoms with E-state index in [1.54, 1.807) is 24.3 Å². The van der Waals surface area contributed by atoms with Gasteiger partial charge in [-0.05, 0) is 37.3 Å². The summed E-state index contributed by atoms with van der Waals surface area (Å²) in [6.45, 7) is 2.04. The summed E-state index contributed by atoms with van der Waals surface area (Å²) >= 11 is 0. The Bertz CT molecular complexity index is 828. The fraction of sp³-hybridized carbons (Fsp3) is 0.0556. The molecule has 114 valence electrons. The SMILES string of the molecule is Cc1ccc(-c2ccc(Nc3cccc(C(=O)O)c3)nn2)cc1. The van der Waals surface area contributed by atoms with Crippen LogP contribution in [-0.2, 0) is 0 Å². The van der Waals surface area contributed by atoms with Crippen molar-refractivity contribution >= 4 is 17.5 Å². The van der Waals surface area contributed by atoms with E-state index in [0.717, 1.165) is 11.3 Å². The molecule has 0 aliphatic heterocycles. The Hall–Kier alpha value is -3.21. The number of benzene rings is 2. The van der Waals surface area contributed by atoms with Gasteiger partial charge in [-0.1, -0.05) is 35.9 Å². The van der Waals surface area contributed by atoms with Crippen LogP contribution in [0.15, 0.2) is 60.7 Å². The summed E-state index contributed by atoms with van der Waals surface area (Å²) in [5.74, 6) is -0.405. The summed E-state index contributed by atoms with van der Waals surface area (Å²) in [6, 6.07) is 18.3. The van der Waals surface area contributed by atoms with E-state index in [-0.39, 0.29) is 5.56 Å². The van der Waals surface area contributed by atoms with Crippen LogP contribution in [0.4, 0.5) is 11.5 Å². The van der Waals surface area contributed by atoms with Crippen LogP contribution < -0.4 is 5.32 Å². The van der Waals surface area contributed by atoms with Crippen molar-refractivity contribution < 1.29 is 9.90 Å². The molecule has 3 rings (SSSR count). The third-order valence-electron chi connectivity index (χ3n) is 3.39.